The molecule has 154 valence electrons. The largest absolute Gasteiger partial charge is 0.330 e. The first-order valence-corrected chi connectivity index (χ1v) is 11.3. The van der Waals surface area contributed by atoms with Crippen LogP contribution in [0.3, 0.4) is 0 Å². The Kier molecular flexibility index (Phi) is 6.01. The molecule has 0 saturated heterocycles. The van der Waals surface area contributed by atoms with Crippen LogP contribution in [0.15, 0.2) is 52.9 Å². The maximum atomic E-state index is 13.1. The van der Waals surface area contributed by atoms with Crippen LogP contribution in [0.1, 0.15) is 18.9 Å². The molecule has 1 aliphatic rings. The van der Waals surface area contributed by atoms with E-state index in [-0.39, 0.29) is 30.0 Å². The second-order valence-corrected chi connectivity index (χ2v) is 9.18. The van der Waals surface area contributed by atoms with Gasteiger partial charge in [-0.2, -0.15) is 0 Å². The lowest BCUT2D eigenvalue weighted by Gasteiger charge is -2.27. The number of nitrogens with zero attached hydrogens (tertiary/aromatic N) is 3. The molecule has 9 heteroatoms. The first-order chi connectivity index (χ1) is 14.5. The molecule has 1 aromatic heterocycles. The summed E-state index contributed by atoms with van der Waals surface area (Å²) in [5, 5.41) is 15.2. The number of amides is 2. The minimum absolute atomic E-state index is 0.0694. The Hall–Kier alpha value is -2.91. The minimum atomic E-state index is -0.227. The van der Waals surface area contributed by atoms with Crippen LogP contribution in [-0.2, 0) is 9.59 Å². The van der Waals surface area contributed by atoms with E-state index in [2.05, 4.69) is 20.8 Å². The maximum Gasteiger partial charge on any atom is 0.237 e. The van der Waals surface area contributed by atoms with E-state index >= 15 is 0 Å². The molecule has 0 aliphatic carbocycles. The van der Waals surface area contributed by atoms with Crippen molar-refractivity contribution in [3.05, 3.63) is 54.1 Å². The van der Waals surface area contributed by atoms with E-state index in [1.54, 1.807) is 4.90 Å². The van der Waals surface area contributed by atoms with E-state index < -0.39 is 0 Å². The van der Waals surface area contributed by atoms with Crippen molar-refractivity contribution in [3.63, 3.8) is 0 Å². The highest BCUT2D eigenvalue weighted by Crippen LogP contribution is 2.33. The molecule has 1 atom stereocenters. The third-order valence-corrected chi connectivity index (χ3v) is 6.70. The molecule has 1 aliphatic heterocycles. The van der Waals surface area contributed by atoms with Gasteiger partial charge in [-0.05, 0) is 37.6 Å². The summed E-state index contributed by atoms with van der Waals surface area (Å²) in [4.78, 5) is 26.9. The van der Waals surface area contributed by atoms with Crippen LogP contribution < -0.4 is 15.5 Å². The molecular formula is C21H21N5O2S2. The monoisotopic (exact) mass is 439 g/mol. The standard InChI is InChI=1S/C21H21N5O2S2/c1-13-7-3-4-8-15(13)23-20-24-25-21(30-20)29-12-19(28)26-14(2)11-18(27)22-16-9-5-6-10-17(16)26/h3-10,14H,11-12H2,1-2H3,(H,22,27)(H,23,24)/t14-/m0/s1. The number of hydrogen-bond acceptors (Lipinski definition) is 7. The number of aromatic nitrogens is 2. The van der Waals surface area contributed by atoms with Crippen molar-refractivity contribution >= 4 is 57.1 Å². The van der Waals surface area contributed by atoms with Crippen LogP contribution >= 0.6 is 23.1 Å². The predicted octanol–water partition coefficient (Wildman–Crippen LogP) is 4.45. The quantitative estimate of drug-likeness (QED) is 0.571. The van der Waals surface area contributed by atoms with Crippen molar-refractivity contribution in [2.24, 2.45) is 0 Å². The summed E-state index contributed by atoms with van der Waals surface area (Å²) in [6.07, 6.45) is 0.258. The molecule has 30 heavy (non-hydrogen) atoms. The van der Waals surface area contributed by atoms with Gasteiger partial charge in [0.15, 0.2) is 4.34 Å². The first-order valence-electron chi connectivity index (χ1n) is 9.51. The van der Waals surface area contributed by atoms with Gasteiger partial charge < -0.3 is 15.5 Å². The number of thioether (sulfide) groups is 1. The van der Waals surface area contributed by atoms with Crippen LogP contribution in [-0.4, -0.2) is 33.8 Å². The summed E-state index contributed by atoms with van der Waals surface area (Å²) >= 11 is 2.76. The van der Waals surface area contributed by atoms with Gasteiger partial charge in [0, 0.05) is 18.2 Å². The summed E-state index contributed by atoms with van der Waals surface area (Å²) in [5.74, 6) is 0.0558. The maximum absolute atomic E-state index is 13.1. The smallest absolute Gasteiger partial charge is 0.237 e. The van der Waals surface area contributed by atoms with E-state index in [4.69, 9.17) is 0 Å². The van der Waals surface area contributed by atoms with Gasteiger partial charge in [0.2, 0.25) is 16.9 Å². The molecule has 7 nitrogen and oxygen atoms in total. The normalized spacial score (nSPS) is 15.9. The zero-order valence-corrected chi connectivity index (χ0v) is 18.2. The molecule has 4 rings (SSSR count). The van der Waals surface area contributed by atoms with Crippen molar-refractivity contribution in [2.45, 2.75) is 30.6 Å². The molecule has 2 aromatic carbocycles. The Morgan fingerprint density at radius 2 is 2.00 bits per heavy atom. The minimum Gasteiger partial charge on any atom is -0.330 e. The highest BCUT2D eigenvalue weighted by atomic mass is 32.2. The van der Waals surface area contributed by atoms with Crippen molar-refractivity contribution in [2.75, 3.05) is 21.3 Å². The molecule has 0 saturated carbocycles. The van der Waals surface area contributed by atoms with Crippen molar-refractivity contribution in [3.8, 4) is 0 Å². The third-order valence-electron chi connectivity index (χ3n) is 4.74. The fourth-order valence-electron chi connectivity index (χ4n) is 3.31. The number of anilines is 4. The molecule has 0 fully saturated rings. The molecule has 3 aromatic rings. The van der Waals surface area contributed by atoms with Gasteiger partial charge in [0.1, 0.15) is 0 Å². The number of hydrogen-bond donors (Lipinski definition) is 2. The predicted molar refractivity (Wildman–Crippen MR) is 122 cm³/mol. The Morgan fingerprint density at radius 1 is 1.23 bits per heavy atom. The topological polar surface area (TPSA) is 87.2 Å². The van der Waals surface area contributed by atoms with Crippen LogP contribution in [0.25, 0.3) is 0 Å². The highest BCUT2D eigenvalue weighted by molar-refractivity contribution is 8.01. The number of aryl methyl sites for hydroxylation is 1. The molecule has 0 spiro atoms. The molecule has 2 heterocycles. The Morgan fingerprint density at radius 3 is 2.83 bits per heavy atom. The van der Waals surface area contributed by atoms with Gasteiger partial charge >= 0.3 is 0 Å². The lowest BCUT2D eigenvalue weighted by atomic mass is 10.2. The molecular weight excluding hydrogens is 418 g/mol. The summed E-state index contributed by atoms with van der Waals surface area (Å²) in [6.45, 7) is 3.91. The number of nitrogens with one attached hydrogen (secondary N) is 2. The Balaban J connectivity index is 1.44. The summed E-state index contributed by atoms with van der Waals surface area (Å²) in [7, 11) is 0. The highest BCUT2D eigenvalue weighted by Gasteiger charge is 2.29. The van der Waals surface area contributed by atoms with Gasteiger partial charge in [0.05, 0.1) is 17.1 Å². The van der Waals surface area contributed by atoms with E-state index in [1.807, 2.05) is 62.4 Å². The fourth-order valence-corrected chi connectivity index (χ4v) is 4.93. The Labute approximate surface area is 182 Å². The second kappa shape index (κ2) is 8.85. The molecule has 0 radical (unpaired) electrons. The van der Waals surface area contributed by atoms with Gasteiger partial charge in [0.25, 0.3) is 0 Å². The third kappa shape index (κ3) is 4.47. The molecule has 0 unspecified atom stereocenters. The fraction of sp³-hybridized carbons (Fsp3) is 0.238. The van der Waals surface area contributed by atoms with Crippen molar-refractivity contribution in [1.29, 1.82) is 0 Å². The Bertz CT molecular complexity index is 1080. The zero-order chi connectivity index (χ0) is 21.1. The lowest BCUT2D eigenvalue weighted by molar-refractivity contribution is -0.117. The first kappa shape index (κ1) is 20.4. The molecule has 2 amide bonds. The number of carbonyl (C=O) groups is 2. The van der Waals surface area contributed by atoms with E-state index in [0.29, 0.717) is 15.2 Å². The number of carbonyl (C=O) groups excluding carboxylic acids is 2. The van der Waals surface area contributed by atoms with Crippen LogP contribution in [0, 0.1) is 6.92 Å². The van der Waals surface area contributed by atoms with Crippen LogP contribution in [0.2, 0.25) is 0 Å². The van der Waals surface area contributed by atoms with E-state index in [9.17, 15) is 9.59 Å². The zero-order valence-electron chi connectivity index (χ0n) is 16.6. The van der Waals surface area contributed by atoms with Gasteiger partial charge in [-0.3, -0.25) is 9.59 Å². The van der Waals surface area contributed by atoms with Crippen LogP contribution in [0.4, 0.5) is 22.2 Å². The average molecular weight is 440 g/mol. The average Bonchev–Trinajstić information content (AvgIpc) is 3.11. The number of rotatable bonds is 5. The van der Waals surface area contributed by atoms with Gasteiger partial charge in [-0.15, -0.1) is 10.2 Å². The molecule has 2 N–H and O–H groups in total. The van der Waals surface area contributed by atoms with Gasteiger partial charge in [-0.1, -0.05) is 53.4 Å². The second-order valence-electron chi connectivity index (χ2n) is 6.98. The van der Waals surface area contributed by atoms with Crippen molar-refractivity contribution < 1.29 is 9.59 Å². The van der Waals surface area contributed by atoms with Crippen LogP contribution in [0.5, 0.6) is 0 Å². The van der Waals surface area contributed by atoms with E-state index in [0.717, 1.165) is 16.9 Å². The number of benzene rings is 2. The number of para-hydroxylation sites is 3. The summed E-state index contributed by atoms with van der Waals surface area (Å²) in [6, 6.07) is 15.1. The van der Waals surface area contributed by atoms with E-state index in [1.165, 1.54) is 23.1 Å². The summed E-state index contributed by atoms with van der Waals surface area (Å²) in [5.41, 5.74) is 3.48. The number of fused-ring (bicyclic) bond motifs is 1. The lowest BCUT2D eigenvalue weighted by Crippen LogP contribution is -2.40. The summed E-state index contributed by atoms with van der Waals surface area (Å²) < 4.78 is 0.712. The van der Waals surface area contributed by atoms with Gasteiger partial charge in [-0.25, -0.2) is 0 Å². The molecule has 0 bridgehead atoms. The SMILES string of the molecule is Cc1ccccc1Nc1nnc(SCC(=O)N2c3ccccc3NC(=O)C[C@@H]2C)s1. The van der Waals surface area contributed by atoms with Crippen molar-refractivity contribution in [1.82, 2.24) is 10.2 Å².